The van der Waals surface area contributed by atoms with E-state index < -0.39 is 47.2 Å². The second kappa shape index (κ2) is 19.1. The maximum Gasteiger partial charge on any atom is 0.313 e. The quantitative estimate of drug-likeness (QED) is 0.0358. The molecule has 0 saturated carbocycles. The van der Waals surface area contributed by atoms with Crippen LogP contribution in [0.2, 0.25) is 0 Å². The summed E-state index contributed by atoms with van der Waals surface area (Å²) < 4.78 is 102. The van der Waals surface area contributed by atoms with Crippen LogP contribution in [0.3, 0.4) is 0 Å². The van der Waals surface area contributed by atoms with E-state index in [0.717, 1.165) is 0 Å². The summed E-state index contributed by atoms with van der Waals surface area (Å²) in [5, 5.41) is 0. The molecule has 2 aromatic carbocycles. The van der Waals surface area contributed by atoms with Crippen molar-refractivity contribution in [2.24, 2.45) is 0 Å². The van der Waals surface area contributed by atoms with Crippen molar-refractivity contribution in [3.05, 3.63) is 64.5 Å². The van der Waals surface area contributed by atoms with Gasteiger partial charge in [0, 0.05) is 0 Å². The minimum Gasteiger partial charge on any atom is -0.420 e. The Balaban J connectivity index is 1.05. The first-order chi connectivity index (χ1) is 21.7. The van der Waals surface area contributed by atoms with Crippen molar-refractivity contribution in [1.29, 1.82) is 0 Å². The predicted molar refractivity (Wildman–Crippen MR) is 143 cm³/mol. The van der Waals surface area contributed by atoms with Crippen LogP contribution >= 0.6 is 0 Å². The van der Waals surface area contributed by atoms with Crippen LogP contribution in [-0.2, 0) is 33.2 Å². The van der Waals surface area contributed by atoms with Crippen molar-refractivity contribution in [1.82, 2.24) is 4.90 Å². The van der Waals surface area contributed by atoms with Gasteiger partial charge in [-0.15, -0.1) is 0 Å². The molecule has 2 aromatic rings. The predicted octanol–water partition coefficient (Wildman–Crippen LogP) is 3.07. The van der Waals surface area contributed by atoms with Crippen LogP contribution in [0.1, 0.15) is 27.1 Å². The minimum absolute atomic E-state index is 0.0660. The standard InChI is InChI=1S/C29H32F5NO10/c30-22-23(31)25(33)27(26(34)24(22)32)45-21(36)5-7-39-9-11-41-13-15-43-17-18-44-16-14-42-12-10-40-8-6-35-28(37)19-3-1-2-4-20(19)29(35)38/h1-4H,5-18H2. The molecule has 11 nitrogen and oxygen atoms in total. The van der Waals surface area contributed by atoms with Gasteiger partial charge in [-0.2, -0.15) is 8.78 Å². The molecule has 1 heterocycles. The van der Waals surface area contributed by atoms with Gasteiger partial charge in [0.15, 0.2) is 0 Å². The van der Waals surface area contributed by atoms with Crippen LogP contribution in [0.4, 0.5) is 22.0 Å². The number of fused-ring (bicyclic) bond motifs is 1. The topological polar surface area (TPSA) is 119 Å². The lowest BCUT2D eigenvalue weighted by atomic mass is 10.1. The summed E-state index contributed by atoms with van der Waals surface area (Å²) in [7, 11) is 0. The number of benzene rings is 2. The van der Waals surface area contributed by atoms with Gasteiger partial charge in [-0.25, -0.2) is 13.2 Å². The van der Waals surface area contributed by atoms with E-state index in [1.807, 2.05) is 0 Å². The molecule has 0 N–H and O–H groups in total. The highest BCUT2D eigenvalue weighted by Gasteiger charge is 2.34. The molecule has 0 atom stereocenters. The van der Waals surface area contributed by atoms with Crippen molar-refractivity contribution >= 4 is 17.8 Å². The fraction of sp³-hybridized carbons (Fsp3) is 0.483. The third-order valence-electron chi connectivity index (χ3n) is 6.03. The smallest absolute Gasteiger partial charge is 0.313 e. The number of halogens is 5. The number of hydrogen-bond acceptors (Lipinski definition) is 10. The molecule has 0 radical (unpaired) electrons. The van der Waals surface area contributed by atoms with E-state index >= 15 is 0 Å². The average molecular weight is 650 g/mol. The Kier molecular flexibility index (Phi) is 15.2. The molecule has 0 aromatic heterocycles. The second-order valence-electron chi connectivity index (χ2n) is 9.10. The minimum atomic E-state index is -2.35. The molecule has 2 amide bonds. The van der Waals surface area contributed by atoms with Gasteiger partial charge in [-0.05, 0) is 12.1 Å². The molecule has 0 unspecified atom stereocenters. The number of rotatable bonds is 22. The van der Waals surface area contributed by atoms with Gasteiger partial charge < -0.3 is 33.2 Å². The van der Waals surface area contributed by atoms with Gasteiger partial charge in [-0.1, -0.05) is 12.1 Å². The molecule has 16 heteroatoms. The van der Waals surface area contributed by atoms with Gasteiger partial charge in [0.2, 0.25) is 34.8 Å². The first-order valence-corrected chi connectivity index (χ1v) is 13.9. The molecular weight excluding hydrogens is 617 g/mol. The zero-order valence-electron chi connectivity index (χ0n) is 24.1. The highest BCUT2D eigenvalue weighted by molar-refractivity contribution is 6.21. The molecular formula is C29H32F5NO10. The van der Waals surface area contributed by atoms with E-state index in [-0.39, 0.29) is 58.0 Å². The fourth-order valence-electron chi connectivity index (χ4n) is 3.79. The summed E-state index contributed by atoms with van der Waals surface area (Å²) in [6.07, 6.45) is -0.497. The number of esters is 1. The van der Waals surface area contributed by atoms with Gasteiger partial charge in [0.25, 0.3) is 11.8 Å². The van der Waals surface area contributed by atoms with E-state index in [4.69, 9.17) is 28.4 Å². The highest BCUT2D eigenvalue weighted by Crippen LogP contribution is 2.29. The monoisotopic (exact) mass is 649 g/mol. The summed E-state index contributed by atoms with van der Waals surface area (Å²) in [6.45, 7) is 2.87. The van der Waals surface area contributed by atoms with Gasteiger partial charge in [0.1, 0.15) is 0 Å². The first-order valence-electron chi connectivity index (χ1n) is 13.9. The number of hydrogen-bond donors (Lipinski definition) is 0. The van der Waals surface area contributed by atoms with E-state index in [0.29, 0.717) is 50.8 Å². The Morgan fingerprint density at radius 2 is 0.889 bits per heavy atom. The van der Waals surface area contributed by atoms with Crippen molar-refractivity contribution in [2.45, 2.75) is 6.42 Å². The molecule has 0 spiro atoms. The molecule has 0 fully saturated rings. The van der Waals surface area contributed by atoms with E-state index in [9.17, 15) is 36.3 Å². The van der Waals surface area contributed by atoms with Crippen molar-refractivity contribution in [3.8, 4) is 5.75 Å². The largest absolute Gasteiger partial charge is 0.420 e. The Morgan fingerprint density at radius 3 is 1.31 bits per heavy atom. The van der Waals surface area contributed by atoms with E-state index in [1.165, 1.54) is 4.90 Å². The molecule has 3 rings (SSSR count). The number of carbonyl (C=O) groups is 3. The Hall–Kier alpha value is -3.54. The number of nitrogens with zero attached hydrogens (tertiary/aromatic N) is 1. The lowest BCUT2D eigenvalue weighted by molar-refractivity contribution is -0.136. The van der Waals surface area contributed by atoms with Crippen LogP contribution < -0.4 is 4.74 Å². The summed E-state index contributed by atoms with van der Waals surface area (Å²) in [4.78, 5) is 37.3. The normalized spacial score (nSPS) is 12.7. The molecule has 0 saturated heterocycles. The van der Waals surface area contributed by atoms with Crippen LogP contribution in [0, 0.1) is 29.1 Å². The van der Waals surface area contributed by atoms with Gasteiger partial charge >= 0.3 is 5.97 Å². The van der Waals surface area contributed by atoms with Gasteiger partial charge in [-0.3, -0.25) is 19.3 Å². The SMILES string of the molecule is O=C(CCOCCOCCOCCOCCOCCOCCN1C(=O)c2ccccc2C1=O)Oc1c(F)c(F)c(F)c(F)c1F. The number of carbonyl (C=O) groups excluding carboxylic acids is 3. The molecule has 45 heavy (non-hydrogen) atoms. The average Bonchev–Trinajstić information content (AvgIpc) is 3.28. The third kappa shape index (κ3) is 10.8. The maximum absolute atomic E-state index is 13.5. The van der Waals surface area contributed by atoms with Crippen molar-refractivity contribution in [2.75, 3.05) is 85.8 Å². The lowest BCUT2D eigenvalue weighted by Gasteiger charge is -2.13. The summed E-state index contributed by atoms with van der Waals surface area (Å²) in [6, 6.07) is 6.68. The van der Waals surface area contributed by atoms with E-state index in [1.54, 1.807) is 24.3 Å². The van der Waals surface area contributed by atoms with E-state index in [2.05, 4.69) is 4.74 Å². The summed E-state index contributed by atoms with van der Waals surface area (Å²) >= 11 is 0. The maximum atomic E-state index is 13.5. The molecule has 1 aliphatic heterocycles. The Morgan fingerprint density at radius 1 is 0.533 bits per heavy atom. The first kappa shape index (κ1) is 35.9. The second-order valence-corrected chi connectivity index (χ2v) is 9.10. The Bertz CT molecular complexity index is 1230. The highest BCUT2D eigenvalue weighted by atomic mass is 19.2. The fourth-order valence-corrected chi connectivity index (χ4v) is 3.79. The number of amides is 2. The third-order valence-corrected chi connectivity index (χ3v) is 6.03. The van der Waals surface area contributed by atoms with Gasteiger partial charge in [0.05, 0.1) is 103 Å². The molecule has 0 aliphatic carbocycles. The van der Waals surface area contributed by atoms with Crippen LogP contribution in [0.15, 0.2) is 24.3 Å². The lowest BCUT2D eigenvalue weighted by Crippen LogP contribution is -2.33. The number of ether oxygens (including phenoxy) is 7. The molecule has 248 valence electrons. The zero-order chi connectivity index (χ0) is 32.6. The Labute approximate surface area is 255 Å². The van der Waals surface area contributed by atoms with Crippen molar-refractivity contribution in [3.63, 3.8) is 0 Å². The number of imide groups is 1. The summed E-state index contributed by atoms with van der Waals surface area (Å²) in [5.74, 6) is -14.8. The molecule has 1 aliphatic rings. The van der Waals surface area contributed by atoms with Crippen LogP contribution in [-0.4, -0.2) is 109 Å². The zero-order valence-corrected chi connectivity index (χ0v) is 24.1. The molecule has 0 bridgehead atoms. The summed E-state index contributed by atoms with van der Waals surface area (Å²) in [5.41, 5.74) is 0.804. The van der Waals surface area contributed by atoms with Crippen LogP contribution in [0.25, 0.3) is 0 Å². The van der Waals surface area contributed by atoms with Crippen molar-refractivity contribution < 1.29 is 69.5 Å². The van der Waals surface area contributed by atoms with Crippen LogP contribution in [0.5, 0.6) is 5.75 Å².